The smallest absolute Gasteiger partial charge is 0.321 e. The third kappa shape index (κ3) is 5.19. The minimum atomic E-state index is -0.487. The molecule has 0 saturated carbocycles. The van der Waals surface area contributed by atoms with E-state index in [0.29, 0.717) is 23.2 Å². The highest BCUT2D eigenvalue weighted by Crippen LogP contribution is 2.29. The molecule has 2 saturated heterocycles. The molecule has 8 heteroatoms. The number of urea groups is 1. The van der Waals surface area contributed by atoms with Crippen molar-refractivity contribution in [2.75, 3.05) is 43.9 Å². The lowest BCUT2D eigenvalue weighted by Crippen LogP contribution is -2.50. The highest BCUT2D eigenvalue weighted by Gasteiger charge is 2.29. The molecule has 2 N–H and O–H groups in total. The minimum Gasteiger partial charge on any atom is -0.495 e. The number of ether oxygens (including phenoxy) is 1. The molecule has 2 aliphatic heterocycles. The number of carbonyl (C=O) groups is 2. The predicted molar refractivity (Wildman–Crippen MR) is 122 cm³/mol. The molecule has 0 bridgehead atoms. The van der Waals surface area contributed by atoms with E-state index in [1.54, 1.807) is 18.2 Å². The number of likely N-dealkylation sites (tertiary alicyclic amines) is 2. The molecule has 1 atom stereocenters. The van der Waals surface area contributed by atoms with Gasteiger partial charge in [0.05, 0.1) is 12.8 Å². The number of methoxy groups -OCH3 is 1. The molecule has 2 heterocycles. The van der Waals surface area contributed by atoms with Gasteiger partial charge in [-0.3, -0.25) is 9.69 Å². The molecular formula is C24H29FN4O3. The predicted octanol–water partition coefficient (Wildman–Crippen LogP) is 4.18. The van der Waals surface area contributed by atoms with Crippen LogP contribution in [0, 0.1) is 5.82 Å². The van der Waals surface area contributed by atoms with Crippen molar-refractivity contribution < 1.29 is 18.7 Å². The van der Waals surface area contributed by atoms with Gasteiger partial charge in [0.25, 0.3) is 5.91 Å². The molecule has 0 aromatic heterocycles. The van der Waals surface area contributed by atoms with Gasteiger partial charge in [-0.15, -0.1) is 0 Å². The molecule has 3 amide bonds. The molecule has 1 unspecified atom stereocenters. The maximum Gasteiger partial charge on any atom is 0.321 e. The van der Waals surface area contributed by atoms with Gasteiger partial charge in [-0.05, 0) is 75.2 Å². The highest BCUT2D eigenvalue weighted by atomic mass is 19.1. The Morgan fingerprint density at radius 2 is 1.84 bits per heavy atom. The van der Waals surface area contributed by atoms with Crippen molar-refractivity contribution in [2.24, 2.45) is 0 Å². The lowest BCUT2D eigenvalue weighted by atomic mass is 10.0. The first kappa shape index (κ1) is 22.1. The summed E-state index contributed by atoms with van der Waals surface area (Å²) in [5.74, 6) is -0.505. The Morgan fingerprint density at radius 1 is 1.03 bits per heavy atom. The fourth-order valence-electron chi connectivity index (χ4n) is 4.45. The number of hydrogen-bond acceptors (Lipinski definition) is 4. The summed E-state index contributed by atoms with van der Waals surface area (Å²) in [6.07, 6.45) is 4.59. The number of rotatable bonds is 5. The monoisotopic (exact) mass is 440 g/mol. The first-order chi connectivity index (χ1) is 15.5. The third-order valence-corrected chi connectivity index (χ3v) is 6.13. The van der Waals surface area contributed by atoms with Crippen molar-refractivity contribution in [3.05, 3.63) is 53.8 Å². The first-order valence-corrected chi connectivity index (χ1v) is 11.1. The van der Waals surface area contributed by atoms with Crippen molar-refractivity contribution in [3.63, 3.8) is 0 Å². The number of piperidine rings is 1. The molecule has 0 aliphatic carbocycles. The van der Waals surface area contributed by atoms with Crippen LogP contribution in [0.1, 0.15) is 36.0 Å². The van der Waals surface area contributed by atoms with Crippen LogP contribution in [0.25, 0.3) is 0 Å². The largest absolute Gasteiger partial charge is 0.495 e. The van der Waals surface area contributed by atoms with Crippen LogP contribution in [-0.4, -0.2) is 61.1 Å². The van der Waals surface area contributed by atoms with E-state index in [4.69, 9.17) is 4.74 Å². The van der Waals surface area contributed by atoms with Gasteiger partial charge in [-0.25, -0.2) is 9.18 Å². The zero-order chi connectivity index (χ0) is 22.5. The number of halogens is 1. The molecule has 0 spiro atoms. The summed E-state index contributed by atoms with van der Waals surface area (Å²) in [5.41, 5.74) is 1.14. The molecule has 2 aromatic rings. The van der Waals surface area contributed by atoms with E-state index in [-0.39, 0.29) is 11.6 Å². The second-order valence-electron chi connectivity index (χ2n) is 8.29. The molecule has 0 radical (unpaired) electrons. The lowest BCUT2D eigenvalue weighted by Gasteiger charge is -2.37. The van der Waals surface area contributed by atoms with Gasteiger partial charge in [-0.2, -0.15) is 0 Å². The van der Waals surface area contributed by atoms with E-state index >= 15 is 0 Å². The van der Waals surface area contributed by atoms with Gasteiger partial charge < -0.3 is 20.3 Å². The van der Waals surface area contributed by atoms with E-state index in [1.165, 1.54) is 44.2 Å². The Labute approximate surface area is 187 Å². The molecule has 170 valence electrons. The standard InChI is InChI=1S/C24H29FN4O3/c1-32-22-10-9-19(15-21(22)27-23(30)17-6-4-7-18(25)14-17)26-24(31)29-13-5-8-20(16-29)28-11-2-3-12-28/h4,6-7,9-10,14-15,20H,2-3,5,8,11-13,16H2,1H3,(H,26,31)(H,27,30). The first-order valence-electron chi connectivity index (χ1n) is 11.1. The number of amides is 3. The van der Waals surface area contributed by atoms with Crippen molar-refractivity contribution in [2.45, 2.75) is 31.7 Å². The summed E-state index contributed by atoms with van der Waals surface area (Å²) >= 11 is 0. The third-order valence-electron chi connectivity index (χ3n) is 6.13. The lowest BCUT2D eigenvalue weighted by molar-refractivity contribution is 0.102. The Kier molecular flexibility index (Phi) is 6.90. The summed E-state index contributed by atoms with van der Waals surface area (Å²) in [6, 6.07) is 10.8. The molecule has 2 aromatic carbocycles. The zero-order valence-corrected chi connectivity index (χ0v) is 18.3. The van der Waals surface area contributed by atoms with Gasteiger partial charge in [0.15, 0.2) is 0 Å². The molecule has 2 aliphatic rings. The summed E-state index contributed by atoms with van der Waals surface area (Å²) in [5, 5.41) is 5.68. The second-order valence-corrected chi connectivity index (χ2v) is 8.29. The molecule has 32 heavy (non-hydrogen) atoms. The highest BCUT2D eigenvalue weighted by molar-refractivity contribution is 6.05. The van der Waals surface area contributed by atoms with E-state index < -0.39 is 11.7 Å². The molecular weight excluding hydrogens is 411 g/mol. The number of carbonyl (C=O) groups excluding carboxylic acids is 2. The van der Waals surface area contributed by atoms with Gasteiger partial charge >= 0.3 is 6.03 Å². The van der Waals surface area contributed by atoms with E-state index in [2.05, 4.69) is 15.5 Å². The normalized spacial score (nSPS) is 18.9. The average Bonchev–Trinajstić information content (AvgIpc) is 3.34. The number of hydrogen-bond donors (Lipinski definition) is 2. The van der Waals surface area contributed by atoms with Crippen LogP contribution in [0.3, 0.4) is 0 Å². The van der Waals surface area contributed by atoms with Gasteiger partial charge in [0.1, 0.15) is 11.6 Å². The van der Waals surface area contributed by atoms with Crippen molar-refractivity contribution in [1.29, 1.82) is 0 Å². The Bertz CT molecular complexity index is 977. The van der Waals surface area contributed by atoms with Gasteiger partial charge in [-0.1, -0.05) is 6.07 Å². The summed E-state index contributed by atoms with van der Waals surface area (Å²) in [6.45, 7) is 3.70. The van der Waals surface area contributed by atoms with Crippen LogP contribution in [0.2, 0.25) is 0 Å². The van der Waals surface area contributed by atoms with Gasteiger partial charge in [0, 0.05) is 30.4 Å². The maximum absolute atomic E-state index is 13.5. The van der Waals surface area contributed by atoms with Crippen LogP contribution in [0.15, 0.2) is 42.5 Å². The van der Waals surface area contributed by atoms with Crippen LogP contribution in [0.4, 0.5) is 20.6 Å². The van der Waals surface area contributed by atoms with Crippen LogP contribution in [-0.2, 0) is 0 Å². The fourth-order valence-corrected chi connectivity index (χ4v) is 4.45. The Balaban J connectivity index is 1.43. The second kappa shape index (κ2) is 9.99. The zero-order valence-electron chi connectivity index (χ0n) is 18.3. The SMILES string of the molecule is COc1ccc(NC(=O)N2CCCC(N3CCCC3)C2)cc1NC(=O)c1cccc(F)c1. The molecule has 2 fully saturated rings. The quantitative estimate of drug-likeness (QED) is 0.732. The van der Waals surface area contributed by atoms with Crippen molar-refractivity contribution in [3.8, 4) is 5.75 Å². The number of nitrogens with one attached hydrogen (secondary N) is 2. The van der Waals surface area contributed by atoms with Gasteiger partial charge in [0.2, 0.25) is 0 Å². The minimum absolute atomic E-state index is 0.151. The summed E-state index contributed by atoms with van der Waals surface area (Å²) < 4.78 is 18.8. The van der Waals surface area contributed by atoms with Crippen molar-refractivity contribution in [1.82, 2.24) is 9.80 Å². The van der Waals surface area contributed by atoms with Crippen molar-refractivity contribution >= 4 is 23.3 Å². The molecule has 7 nitrogen and oxygen atoms in total. The van der Waals surface area contributed by atoms with Crippen LogP contribution in [0.5, 0.6) is 5.75 Å². The van der Waals surface area contributed by atoms with E-state index in [9.17, 15) is 14.0 Å². The fraction of sp³-hybridized carbons (Fsp3) is 0.417. The summed E-state index contributed by atoms with van der Waals surface area (Å²) in [7, 11) is 1.50. The topological polar surface area (TPSA) is 73.9 Å². The number of benzene rings is 2. The molecule has 4 rings (SSSR count). The number of nitrogens with zero attached hydrogens (tertiary/aromatic N) is 2. The Hall–Kier alpha value is -3.13. The summed E-state index contributed by atoms with van der Waals surface area (Å²) in [4.78, 5) is 29.8. The van der Waals surface area contributed by atoms with E-state index in [1.807, 2.05) is 4.90 Å². The average molecular weight is 441 g/mol. The maximum atomic E-state index is 13.5. The van der Waals surface area contributed by atoms with E-state index in [0.717, 1.165) is 39.0 Å². The van der Waals surface area contributed by atoms with Crippen LogP contribution < -0.4 is 15.4 Å². The van der Waals surface area contributed by atoms with Crippen LogP contribution >= 0.6 is 0 Å². The number of anilines is 2. The Morgan fingerprint density at radius 3 is 2.59 bits per heavy atom.